The number of benzene rings is 4. The fourth-order valence-electron chi connectivity index (χ4n) is 8.33. The number of nitrogens with zero attached hydrogens (tertiary/aromatic N) is 5. The fraction of sp³-hybridized carbons (Fsp3) is 0.396. The number of allylic oxidation sites excluding steroid dienone is 2. The molecule has 6 rings (SSSR count). The summed E-state index contributed by atoms with van der Waals surface area (Å²) in [4.78, 5) is 6.04. The third kappa shape index (κ3) is 13.6. The van der Waals surface area contributed by atoms with Gasteiger partial charge in [-0.15, -0.1) is 0 Å². The molecule has 0 spiro atoms. The van der Waals surface area contributed by atoms with E-state index in [1.54, 1.807) is 4.90 Å². The first-order valence-corrected chi connectivity index (χ1v) is 25.0. The molecule has 0 bridgehead atoms. The van der Waals surface area contributed by atoms with Crippen molar-refractivity contribution in [3.63, 3.8) is 0 Å². The summed E-state index contributed by atoms with van der Waals surface area (Å²) < 4.78 is 5.99. The summed E-state index contributed by atoms with van der Waals surface area (Å²) in [6, 6.07) is 33.0. The number of unbranched alkanes of at least 4 members (excludes halogenated alkanes) is 2. The molecule has 322 valence electrons. The molecule has 8 heteroatoms. The second kappa shape index (κ2) is 23.2. The summed E-state index contributed by atoms with van der Waals surface area (Å²) in [6.07, 6.45) is 23.4. The van der Waals surface area contributed by atoms with Crippen LogP contribution in [0, 0.1) is 0 Å². The predicted octanol–water partition coefficient (Wildman–Crippen LogP) is 9.59. The lowest BCUT2D eigenvalue weighted by molar-refractivity contribution is -0.888. The highest BCUT2D eigenvalue weighted by molar-refractivity contribution is 8.76. The van der Waals surface area contributed by atoms with Gasteiger partial charge in [-0.1, -0.05) is 82.3 Å². The lowest BCUT2D eigenvalue weighted by atomic mass is 10.0. The van der Waals surface area contributed by atoms with E-state index in [4.69, 9.17) is 0 Å². The van der Waals surface area contributed by atoms with Crippen LogP contribution in [0.4, 0.5) is 11.4 Å². The second-order valence-electron chi connectivity index (χ2n) is 17.7. The standard InChI is InChI=1S/C53H71N6S2/c1-54(2)52-32-28-44(48-22-8-10-24-50(48)52)26-30-46-20-12-14-35-57(46)37-17-16-34-56(5)39-42-60-61-43-41-59(6,7)40-19-18-38-58-36-15-13-21-47(58)31-27-45-29-33-53(55(3)4)51-25-11-9-23-49(45)51/h8-11,13,15,20-33,35-36H,12,14,16-19,34,37-43H2,1-7H3/q+3/p+1. The van der Waals surface area contributed by atoms with Crippen molar-refractivity contribution in [2.75, 3.05) is 103 Å². The molecule has 1 aliphatic heterocycles. The first-order valence-electron chi connectivity index (χ1n) is 22.5. The van der Waals surface area contributed by atoms with Crippen LogP contribution in [0.15, 0.2) is 115 Å². The predicted molar refractivity (Wildman–Crippen MR) is 272 cm³/mol. The maximum atomic E-state index is 2.49. The number of aromatic nitrogens is 1. The second-order valence-corrected chi connectivity index (χ2v) is 20.4. The Morgan fingerprint density at radius 1 is 0.607 bits per heavy atom. The van der Waals surface area contributed by atoms with E-state index >= 15 is 0 Å². The number of pyridine rings is 1. The van der Waals surface area contributed by atoms with Crippen LogP contribution in [0.1, 0.15) is 55.3 Å². The van der Waals surface area contributed by atoms with E-state index < -0.39 is 0 Å². The summed E-state index contributed by atoms with van der Waals surface area (Å²) in [6.45, 7) is 7.03. The number of rotatable bonds is 23. The van der Waals surface area contributed by atoms with E-state index in [1.807, 2.05) is 0 Å². The molecule has 1 aromatic heterocycles. The summed E-state index contributed by atoms with van der Waals surface area (Å²) in [7, 11) is 19.8. The quantitative estimate of drug-likeness (QED) is 0.0305. The lowest BCUT2D eigenvalue weighted by Gasteiger charge is -2.29. The first kappa shape index (κ1) is 46.2. The van der Waals surface area contributed by atoms with Gasteiger partial charge in [0.2, 0.25) is 11.4 Å². The van der Waals surface area contributed by atoms with Crippen molar-refractivity contribution in [3.05, 3.63) is 132 Å². The Kier molecular flexibility index (Phi) is 17.6. The minimum Gasteiger partial charge on any atom is -0.377 e. The molecule has 0 saturated carbocycles. The van der Waals surface area contributed by atoms with Gasteiger partial charge >= 0.3 is 0 Å². The van der Waals surface area contributed by atoms with Gasteiger partial charge in [-0.05, 0) is 64.7 Å². The van der Waals surface area contributed by atoms with Gasteiger partial charge in [0.25, 0.3) is 0 Å². The largest absolute Gasteiger partial charge is 0.377 e. The van der Waals surface area contributed by atoms with Gasteiger partial charge in [0.1, 0.15) is 19.3 Å². The lowest BCUT2D eigenvalue weighted by Crippen LogP contribution is -3.09. The molecule has 1 aliphatic rings. The highest BCUT2D eigenvalue weighted by Gasteiger charge is 2.17. The van der Waals surface area contributed by atoms with Crippen molar-refractivity contribution in [2.45, 2.75) is 45.1 Å². The highest BCUT2D eigenvalue weighted by atomic mass is 33.1. The number of hydrogen-bond acceptors (Lipinski definition) is 4. The molecule has 1 atom stereocenters. The van der Waals surface area contributed by atoms with E-state index in [9.17, 15) is 0 Å². The van der Waals surface area contributed by atoms with Gasteiger partial charge in [0.15, 0.2) is 6.20 Å². The third-order valence-corrected chi connectivity index (χ3v) is 14.4. The topological polar surface area (TPSA) is 17.8 Å². The number of nitrogens with one attached hydrogen (secondary N) is 1. The Labute approximate surface area is 375 Å². The summed E-state index contributed by atoms with van der Waals surface area (Å²) >= 11 is 0. The summed E-state index contributed by atoms with van der Waals surface area (Å²) in [5, 5.41) is 5.20. The molecule has 1 unspecified atom stereocenters. The minimum atomic E-state index is 1.04. The molecular weight excluding hydrogens is 785 g/mol. The van der Waals surface area contributed by atoms with Crippen LogP contribution in [-0.2, 0) is 6.54 Å². The zero-order chi connectivity index (χ0) is 43.0. The average molecular weight is 857 g/mol. The van der Waals surface area contributed by atoms with Crippen LogP contribution >= 0.6 is 21.6 Å². The highest BCUT2D eigenvalue weighted by Crippen LogP contribution is 2.31. The zero-order valence-corrected chi connectivity index (χ0v) is 39.8. The Hall–Kier alpha value is -4.34. The normalized spacial score (nSPS) is 14.0. The van der Waals surface area contributed by atoms with Crippen molar-refractivity contribution in [2.24, 2.45) is 0 Å². The maximum Gasteiger partial charge on any atom is 0.205 e. The SMILES string of the molecule is CN(C)c1ccc(C=CC2=CCCC=[N+]2CCCC[NH+](C)CCSSCC[N+](C)(C)CCCC[n+]2ccccc2C=Cc2ccc(N(C)C)c3ccccc23)c2ccccc12. The smallest absolute Gasteiger partial charge is 0.205 e. The minimum absolute atomic E-state index is 1.04. The van der Waals surface area contributed by atoms with Gasteiger partial charge in [-0.25, -0.2) is 4.58 Å². The Morgan fingerprint density at radius 3 is 1.89 bits per heavy atom. The molecule has 0 radical (unpaired) electrons. The Balaban J connectivity index is 0.842. The van der Waals surface area contributed by atoms with Gasteiger partial charge in [0, 0.05) is 107 Å². The number of anilines is 2. The molecule has 0 saturated heterocycles. The van der Waals surface area contributed by atoms with Crippen LogP contribution in [0.2, 0.25) is 0 Å². The van der Waals surface area contributed by atoms with Gasteiger partial charge < -0.3 is 19.2 Å². The molecule has 4 aromatic carbocycles. The molecule has 2 heterocycles. The monoisotopic (exact) mass is 857 g/mol. The van der Waals surface area contributed by atoms with Crippen molar-refractivity contribution in [1.82, 2.24) is 0 Å². The molecule has 61 heavy (non-hydrogen) atoms. The van der Waals surface area contributed by atoms with Crippen molar-refractivity contribution < 1.29 is 18.5 Å². The van der Waals surface area contributed by atoms with Crippen molar-refractivity contribution in [1.29, 1.82) is 0 Å². The third-order valence-electron chi connectivity index (χ3n) is 12.0. The molecule has 1 N–H and O–H groups in total. The van der Waals surface area contributed by atoms with Crippen LogP contribution in [0.25, 0.3) is 39.8 Å². The van der Waals surface area contributed by atoms with E-state index in [0.717, 1.165) is 30.4 Å². The Morgan fingerprint density at radius 2 is 1.21 bits per heavy atom. The van der Waals surface area contributed by atoms with E-state index in [1.165, 1.54) is 119 Å². The number of quaternary nitrogens is 2. The van der Waals surface area contributed by atoms with E-state index in [-0.39, 0.29) is 0 Å². The molecule has 5 aromatic rings. The van der Waals surface area contributed by atoms with Crippen molar-refractivity contribution in [3.8, 4) is 0 Å². The molecule has 0 fully saturated rings. The molecule has 0 aliphatic carbocycles. The van der Waals surface area contributed by atoms with E-state index in [0.29, 0.717) is 0 Å². The van der Waals surface area contributed by atoms with Crippen LogP contribution in [0.5, 0.6) is 0 Å². The number of aryl methyl sites for hydroxylation is 1. The van der Waals surface area contributed by atoms with Crippen LogP contribution in [-0.4, -0.2) is 109 Å². The first-order chi connectivity index (χ1) is 29.6. The van der Waals surface area contributed by atoms with Crippen LogP contribution in [0.3, 0.4) is 0 Å². The van der Waals surface area contributed by atoms with Gasteiger partial charge in [-0.3, -0.25) is 0 Å². The summed E-state index contributed by atoms with van der Waals surface area (Å²) in [5.41, 5.74) is 7.64. The Bertz CT molecular complexity index is 2310. The number of hydrogen-bond donors (Lipinski definition) is 1. The zero-order valence-electron chi connectivity index (χ0n) is 38.2. The maximum absolute atomic E-state index is 2.49. The van der Waals surface area contributed by atoms with Gasteiger partial charge in [0.05, 0.1) is 58.8 Å². The van der Waals surface area contributed by atoms with E-state index in [2.05, 4.69) is 224 Å². The average Bonchev–Trinajstić information content (AvgIpc) is 3.26. The van der Waals surface area contributed by atoms with Crippen LogP contribution < -0.4 is 19.3 Å². The number of fused-ring (bicyclic) bond motifs is 2. The molecule has 0 amide bonds. The molecular formula is C53H72N6S2+4. The fourth-order valence-corrected chi connectivity index (χ4v) is 10.7. The molecule has 6 nitrogen and oxygen atoms in total. The van der Waals surface area contributed by atoms with Gasteiger partial charge in [-0.2, -0.15) is 4.57 Å². The summed E-state index contributed by atoms with van der Waals surface area (Å²) in [5.74, 6) is 2.42. The van der Waals surface area contributed by atoms with Crippen molar-refractivity contribution >= 4 is 79.0 Å².